The molecule has 5 heteroatoms. The van der Waals surface area contributed by atoms with Crippen molar-refractivity contribution < 1.29 is 9.21 Å². The molecule has 0 radical (unpaired) electrons. The zero-order valence-electron chi connectivity index (χ0n) is 10.1. The van der Waals surface area contributed by atoms with Gasteiger partial charge in [-0.1, -0.05) is 29.8 Å². The van der Waals surface area contributed by atoms with Crippen LogP contribution in [0.15, 0.2) is 16.7 Å². The first-order valence-electron chi connectivity index (χ1n) is 5.65. The van der Waals surface area contributed by atoms with Crippen molar-refractivity contribution in [1.82, 2.24) is 5.32 Å². The summed E-state index contributed by atoms with van der Waals surface area (Å²) < 4.78 is 4.89. The lowest BCUT2D eigenvalue weighted by Crippen LogP contribution is -2.38. The molecule has 0 atom stereocenters. The van der Waals surface area contributed by atoms with Gasteiger partial charge in [-0.15, -0.1) is 0 Å². The molecule has 17 heavy (non-hydrogen) atoms. The monoisotopic (exact) mass is 321 g/mol. The van der Waals surface area contributed by atoms with Gasteiger partial charge >= 0.3 is 0 Å². The van der Waals surface area contributed by atoms with E-state index in [2.05, 4.69) is 35.1 Å². The lowest BCUT2D eigenvalue weighted by molar-refractivity contribution is 0.0932. The van der Waals surface area contributed by atoms with Crippen molar-refractivity contribution in [1.29, 1.82) is 0 Å². The van der Waals surface area contributed by atoms with Crippen LogP contribution in [0, 0.1) is 5.41 Å². The van der Waals surface area contributed by atoms with Crippen LogP contribution in [0.4, 0.5) is 0 Å². The number of carbonyl (C=O) groups excluding carboxylic acids is 1. The minimum Gasteiger partial charge on any atom is -0.452 e. The molecule has 3 nitrogen and oxygen atoms in total. The number of hydrogen-bond donors (Lipinski definition) is 1. The quantitative estimate of drug-likeness (QED) is 0.808. The summed E-state index contributed by atoms with van der Waals surface area (Å²) in [6.45, 7) is 4.88. The Balaban J connectivity index is 2.62. The van der Waals surface area contributed by atoms with Crippen molar-refractivity contribution in [3.05, 3.63) is 23.1 Å². The fourth-order valence-electron chi connectivity index (χ4n) is 1.55. The van der Waals surface area contributed by atoms with Gasteiger partial charge in [0.05, 0.1) is 11.8 Å². The molecule has 0 spiro atoms. The van der Waals surface area contributed by atoms with Crippen LogP contribution in [-0.2, 0) is 0 Å². The van der Waals surface area contributed by atoms with Gasteiger partial charge < -0.3 is 9.73 Å². The second kappa shape index (κ2) is 6.45. The Morgan fingerprint density at radius 2 is 2.18 bits per heavy atom. The highest BCUT2D eigenvalue weighted by Crippen LogP contribution is 2.28. The Bertz CT molecular complexity index is 366. The van der Waals surface area contributed by atoms with Crippen LogP contribution in [-0.4, -0.2) is 17.8 Å². The van der Waals surface area contributed by atoms with Gasteiger partial charge in [0.15, 0.2) is 0 Å². The highest BCUT2D eigenvalue weighted by atomic mass is 79.9. The normalized spacial score (nSPS) is 11.5. The summed E-state index contributed by atoms with van der Waals surface area (Å²) in [5, 5.41) is 3.91. The van der Waals surface area contributed by atoms with Crippen molar-refractivity contribution in [2.24, 2.45) is 5.41 Å². The highest BCUT2D eigenvalue weighted by molar-refractivity contribution is 9.09. The minimum absolute atomic E-state index is 0.103. The summed E-state index contributed by atoms with van der Waals surface area (Å²) in [5.41, 5.74) is 0.494. The number of furan rings is 1. The molecule has 0 bridgehead atoms. The SMILES string of the molecule is CCC(CC)(CBr)CNC(=O)c1ccoc1Cl. The third kappa shape index (κ3) is 3.49. The lowest BCUT2D eigenvalue weighted by atomic mass is 9.84. The molecule has 1 aromatic rings. The van der Waals surface area contributed by atoms with E-state index >= 15 is 0 Å². The van der Waals surface area contributed by atoms with Gasteiger partial charge in [-0.2, -0.15) is 0 Å². The number of halogens is 2. The predicted molar refractivity (Wildman–Crippen MR) is 72.9 cm³/mol. The molecule has 96 valence electrons. The van der Waals surface area contributed by atoms with Crippen LogP contribution in [0.25, 0.3) is 0 Å². The van der Waals surface area contributed by atoms with Gasteiger partial charge in [0, 0.05) is 11.9 Å². The first kappa shape index (κ1) is 14.6. The van der Waals surface area contributed by atoms with E-state index in [9.17, 15) is 4.79 Å². The molecule has 0 aromatic carbocycles. The van der Waals surface area contributed by atoms with Crippen molar-refractivity contribution in [3.63, 3.8) is 0 Å². The van der Waals surface area contributed by atoms with Crippen LogP contribution in [0.3, 0.4) is 0 Å². The standard InChI is InChI=1S/C12H17BrClNO2/c1-3-12(4-2,7-13)8-15-11(16)9-5-6-17-10(9)14/h5-6H,3-4,7-8H2,1-2H3,(H,15,16). The summed E-state index contributed by atoms with van der Waals surface area (Å²) in [6, 6.07) is 1.57. The topological polar surface area (TPSA) is 42.2 Å². The van der Waals surface area contributed by atoms with Gasteiger partial charge in [-0.25, -0.2) is 0 Å². The molecule has 1 aromatic heterocycles. The second-order valence-corrected chi connectivity index (χ2v) is 5.04. The summed E-state index contributed by atoms with van der Waals surface area (Å²) in [4.78, 5) is 11.9. The third-order valence-electron chi connectivity index (χ3n) is 3.27. The molecule has 0 saturated heterocycles. The van der Waals surface area contributed by atoms with Crippen molar-refractivity contribution in [2.75, 3.05) is 11.9 Å². The van der Waals surface area contributed by atoms with E-state index in [1.165, 1.54) is 6.26 Å². The average molecular weight is 323 g/mol. The second-order valence-electron chi connectivity index (χ2n) is 4.13. The van der Waals surface area contributed by atoms with E-state index in [1.807, 2.05) is 0 Å². The zero-order chi connectivity index (χ0) is 12.9. The van der Waals surface area contributed by atoms with Gasteiger partial charge in [0.2, 0.25) is 5.22 Å². The summed E-state index contributed by atoms with van der Waals surface area (Å²) in [7, 11) is 0. The number of nitrogens with one attached hydrogen (secondary N) is 1. The Kier molecular flexibility index (Phi) is 5.53. The van der Waals surface area contributed by atoms with E-state index in [1.54, 1.807) is 6.07 Å². The van der Waals surface area contributed by atoms with Crippen LogP contribution < -0.4 is 5.32 Å². The smallest absolute Gasteiger partial charge is 0.256 e. The maximum atomic E-state index is 11.9. The van der Waals surface area contributed by atoms with Crippen LogP contribution >= 0.6 is 27.5 Å². The molecular weight excluding hydrogens is 305 g/mol. The van der Waals surface area contributed by atoms with Crippen LogP contribution in [0.5, 0.6) is 0 Å². The fourth-order valence-corrected chi connectivity index (χ4v) is 2.75. The maximum Gasteiger partial charge on any atom is 0.256 e. The Labute approximate surface area is 115 Å². The minimum atomic E-state index is -0.184. The Morgan fingerprint density at radius 3 is 2.59 bits per heavy atom. The molecule has 1 heterocycles. The first-order valence-corrected chi connectivity index (χ1v) is 7.15. The number of amides is 1. The molecule has 1 amide bonds. The van der Waals surface area contributed by atoms with E-state index in [-0.39, 0.29) is 16.5 Å². The van der Waals surface area contributed by atoms with Gasteiger partial charge in [0.1, 0.15) is 0 Å². The van der Waals surface area contributed by atoms with Crippen molar-refractivity contribution >= 4 is 33.4 Å². The van der Waals surface area contributed by atoms with E-state index in [0.29, 0.717) is 12.1 Å². The highest BCUT2D eigenvalue weighted by Gasteiger charge is 2.26. The zero-order valence-corrected chi connectivity index (χ0v) is 12.4. The third-order valence-corrected chi connectivity index (χ3v) is 4.75. The molecule has 0 aliphatic rings. The van der Waals surface area contributed by atoms with Gasteiger partial charge in [0.25, 0.3) is 5.91 Å². The molecule has 1 N–H and O–H groups in total. The lowest BCUT2D eigenvalue weighted by Gasteiger charge is -2.29. The predicted octanol–water partition coefficient (Wildman–Crippen LogP) is 3.86. The summed E-state index contributed by atoms with van der Waals surface area (Å²) in [6.07, 6.45) is 3.43. The van der Waals surface area contributed by atoms with Gasteiger partial charge in [-0.3, -0.25) is 4.79 Å². The van der Waals surface area contributed by atoms with E-state index in [4.69, 9.17) is 16.0 Å². The molecule has 0 aliphatic carbocycles. The summed E-state index contributed by atoms with van der Waals surface area (Å²) in [5.74, 6) is -0.184. The molecule has 0 unspecified atom stereocenters. The number of carbonyl (C=O) groups is 1. The Morgan fingerprint density at radius 1 is 1.53 bits per heavy atom. The summed E-state index contributed by atoms with van der Waals surface area (Å²) >= 11 is 9.26. The molecule has 0 fully saturated rings. The van der Waals surface area contributed by atoms with Crippen molar-refractivity contribution in [2.45, 2.75) is 26.7 Å². The van der Waals surface area contributed by atoms with Crippen molar-refractivity contribution in [3.8, 4) is 0 Å². The number of hydrogen-bond acceptors (Lipinski definition) is 2. The molecular formula is C12H17BrClNO2. The fraction of sp³-hybridized carbons (Fsp3) is 0.583. The van der Waals surface area contributed by atoms with Gasteiger partial charge in [-0.05, 0) is 35.9 Å². The number of rotatable bonds is 6. The average Bonchev–Trinajstić information content (AvgIpc) is 2.78. The molecule has 0 saturated carbocycles. The maximum absolute atomic E-state index is 11.9. The molecule has 0 aliphatic heterocycles. The first-order chi connectivity index (χ1) is 8.08. The molecule has 1 rings (SSSR count). The van der Waals surface area contributed by atoms with Crippen LogP contribution in [0.1, 0.15) is 37.0 Å². The van der Waals surface area contributed by atoms with E-state index in [0.717, 1.165) is 18.2 Å². The largest absolute Gasteiger partial charge is 0.452 e. The van der Waals surface area contributed by atoms with Crippen LogP contribution in [0.2, 0.25) is 5.22 Å². The Hall–Kier alpha value is -0.480. The van der Waals surface area contributed by atoms with E-state index < -0.39 is 0 Å². The number of alkyl halides is 1.